The van der Waals surface area contributed by atoms with Gasteiger partial charge in [0.2, 0.25) is 10.0 Å². The van der Waals surface area contributed by atoms with Crippen LogP contribution in [-0.4, -0.2) is 53.3 Å². The van der Waals surface area contributed by atoms with E-state index in [9.17, 15) is 18.3 Å². The minimum absolute atomic E-state index is 0.139. The number of hydrogen-bond acceptors (Lipinski definition) is 5. The Labute approximate surface area is 86.6 Å². The highest BCUT2D eigenvalue weighted by atomic mass is 32.2. The third-order valence-corrected chi connectivity index (χ3v) is 3.74. The lowest BCUT2D eigenvalue weighted by atomic mass is 10.2. The number of nitrogens with zero attached hydrogens (tertiary/aromatic N) is 2. The van der Waals surface area contributed by atoms with E-state index in [1.807, 2.05) is 0 Å². The second-order valence-electron chi connectivity index (χ2n) is 3.23. The first kappa shape index (κ1) is 11.9. The Hall–Kier alpha value is -1.17. The summed E-state index contributed by atoms with van der Waals surface area (Å²) in [6, 6.07) is 0.190. The molecule has 84 valence electrons. The second kappa shape index (κ2) is 4.14. The molecule has 0 aliphatic carbocycles. The topological polar surface area (TPSA) is 119 Å². The number of aliphatic hydroxyl groups is 1. The lowest BCUT2D eigenvalue weighted by molar-refractivity contribution is -0.140. The van der Waals surface area contributed by atoms with Crippen LogP contribution in [0.3, 0.4) is 0 Å². The standard InChI is InChI=1S/C7H10N2O5S/c8-1-2-15(13,14)9-4-5(10)3-6(9)7(11)12/h5-6,10H,2-4H2,(H,11,12)/t5-,6-/m0/s1. The minimum atomic E-state index is -3.91. The third kappa shape index (κ3) is 2.44. The summed E-state index contributed by atoms with van der Waals surface area (Å²) in [6.07, 6.45) is -1.13. The van der Waals surface area contributed by atoms with Crippen LogP contribution in [0.25, 0.3) is 0 Å². The van der Waals surface area contributed by atoms with Crippen LogP contribution in [0.1, 0.15) is 6.42 Å². The average Bonchev–Trinajstić information content (AvgIpc) is 2.47. The maximum atomic E-state index is 11.4. The van der Waals surface area contributed by atoms with Crippen molar-refractivity contribution >= 4 is 16.0 Å². The number of carboxylic acid groups (broad SMARTS) is 1. The molecule has 0 unspecified atom stereocenters. The predicted octanol–water partition coefficient (Wildman–Crippen LogP) is -1.64. The van der Waals surface area contributed by atoms with E-state index >= 15 is 0 Å². The monoisotopic (exact) mass is 234 g/mol. The Morgan fingerprint density at radius 1 is 1.60 bits per heavy atom. The number of hydrogen-bond donors (Lipinski definition) is 2. The molecular weight excluding hydrogens is 224 g/mol. The fourth-order valence-electron chi connectivity index (χ4n) is 1.48. The molecule has 0 aromatic heterocycles. The molecule has 1 heterocycles. The van der Waals surface area contributed by atoms with Gasteiger partial charge in [0, 0.05) is 13.0 Å². The molecule has 8 heteroatoms. The van der Waals surface area contributed by atoms with Crippen LogP contribution in [0.5, 0.6) is 0 Å². The van der Waals surface area contributed by atoms with Crippen LogP contribution in [0.15, 0.2) is 0 Å². The number of carbonyl (C=O) groups is 1. The molecule has 0 aromatic rings. The third-order valence-electron chi connectivity index (χ3n) is 2.12. The van der Waals surface area contributed by atoms with Gasteiger partial charge in [-0.25, -0.2) is 8.42 Å². The lowest BCUT2D eigenvalue weighted by Gasteiger charge is -2.18. The number of β-amino-alcohol motifs (C(OH)–C–C–N with tert-alkyl or cyclic N) is 1. The van der Waals surface area contributed by atoms with E-state index in [1.165, 1.54) is 6.07 Å². The molecule has 0 aromatic carbocycles. The van der Waals surface area contributed by atoms with E-state index in [-0.39, 0.29) is 13.0 Å². The molecule has 0 bridgehead atoms. The maximum absolute atomic E-state index is 11.4. The van der Waals surface area contributed by atoms with Gasteiger partial charge in [-0.3, -0.25) is 4.79 Å². The lowest BCUT2D eigenvalue weighted by Crippen LogP contribution is -2.41. The second-order valence-corrected chi connectivity index (χ2v) is 5.15. The summed E-state index contributed by atoms with van der Waals surface area (Å²) < 4.78 is 23.5. The number of aliphatic carboxylic acids is 1. The van der Waals surface area contributed by atoms with Gasteiger partial charge in [-0.05, 0) is 0 Å². The SMILES string of the molecule is N#CCS(=O)(=O)N1C[C@@H](O)C[C@H]1C(=O)O. The molecule has 0 saturated carbocycles. The van der Waals surface area contributed by atoms with Crippen molar-refractivity contribution in [3.63, 3.8) is 0 Å². The van der Waals surface area contributed by atoms with Crippen molar-refractivity contribution in [2.24, 2.45) is 0 Å². The Balaban J connectivity index is 2.95. The molecule has 0 radical (unpaired) electrons. The first-order valence-corrected chi connectivity index (χ1v) is 5.76. The van der Waals surface area contributed by atoms with E-state index in [0.717, 1.165) is 0 Å². The zero-order valence-corrected chi connectivity index (χ0v) is 8.51. The average molecular weight is 234 g/mol. The first-order chi connectivity index (χ1) is 6.88. The van der Waals surface area contributed by atoms with Crippen molar-refractivity contribution in [3.8, 4) is 6.07 Å². The minimum Gasteiger partial charge on any atom is -0.480 e. The highest BCUT2D eigenvalue weighted by Crippen LogP contribution is 2.21. The zero-order valence-electron chi connectivity index (χ0n) is 7.70. The summed E-state index contributed by atoms with van der Waals surface area (Å²) in [6.45, 7) is -0.263. The summed E-state index contributed by atoms with van der Waals surface area (Å²) >= 11 is 0. The highest BCUT2D eigenvalue weighted by Gasteiger charge is 2.42. The summed E-state index contributed by atoms with van der Waals surface area (Å²) in [5.41, 5.74) is 0. The van der Waals surface area contributed by atoms with Crippen LogP contribution in [0.2, 0.25) is 0 Å². The van der Waals surface area contributed by atoms with Crippen molar-refractivity contribution in [2.75, 3.05) is 12.3 Å². The molecular formula is C7H10N2O5S. The van der Waals surface area contributed by atoms with Gasteiger partial charge in [-0.2, -0.15) is 9.57 Å². The number of carboxylic acids is 1. The van der Waals surface area contributed by atoms with Crippen LogP contribution in [0, 0.1) is 11.3 Å². The van der Waals surface area contributed by atoms with E-state index in [4.69, 9.17) is 10.4 Å². The van der Waals surface area contributed by atoms with Gasteiger partial charge in [0.15, 0.2) is 5.75 Å². The molecule has 7 nitrogen and oxygen atoms in total. The van der Waals surface area contributed by atoms with Crippen LogP contribution < -0.4 is 0 Å². The summed E-state index contributed by atoms with van der Waals surface area (Å²) in [7, 11) is -3.91. The Bertz CT molecular complexity index is 398. The van der Waals surface area contributed by atoms with Gasteiger partial charge in [0.1, 0.15) is 6.04 Å². The normalized spacial score (nSPS) is 27.5. The van der Waals surface area contributed by atoms with Gasteiger partial charge >= 0.3 is 5.97 Å². The summed E-state index contributed by atoms with van der Waals surface area (Å²) in [5, 5.41) is 26.2. The smallest absolute Gasteiger partial charge is 0.322 e. The van der Waals surface area contributed by atoms with Crippen molar-refractivity contribution in [1.29, 1.82) is 5.26 Å². The van der Waals surface area contributed by atoms with Crippen LogP contribution in [0.4, 0.5) is 0 Å². The van der Waals surface area contributed by atoms with E-state index in [2.05, 4.69) is 0 Å². The van der Waals surface area contributed by atoms with Crippen molar-refractivity contribution < 1.29 is 23.4 Å². The molecule has 1 fully saturated rings. The molecule has 2 atom stereocenters. The zero-order chi connectivity index (χ0) is 11.6. The largest absolute Gasteiger partial charge is 0.480 e. The van der Waals surface area contributed by atoms with Gasteiger partial charge < -0.3 is 10.2 Å². The number of sulfonamides is 1. The molecule has 2 N–H and O–H groups in total. The van der Waals surface area contributed by atoms with Crippen LogP contribution >= 0.6 is 0 Å². The molecule has 1 saturated heterocycles. The number of aliphatic hydroxyl groups excluding tert-OH is 1. The Morgan fingerprint density at radius 2 is 2.20 bits per heavy atom. The molecule has 1 aliphatic rings. The molecule has 1 rings (SSSR count). The summed E-state index contributed by atoms with van der Waals surface area (Å²) in [4.78, 5) is 10.7. The Kier molecular flexibility index (Phi) is 3.28. The highest BCUT2D eigenvalue weighted by molar-refractivity contribution is 7.89. The van der Waals surface area contributed by atoms with E-state index in [1.54, 1.807) is 0 Å². The van der Waals surface area contributed by atoms with Gasteiger partial charge in [0.25, 0.3) is 0 Å². The molecule has 1 aliphatic heterocycles. The molecule has 0 spiro atoms. The molecule has 15 heavy (non-hydrogen) atoms. The first-order valence-electron chi connectivity index (χ1n) is 4.16. The fraction of sp³-hybridized carbons (Fsp3) is 0.714. The quantitative estimate of drug-likeness (QED) is 0.604. The van der Waals surface area contributed by atoms with Crippen molar-refractivity contribution in [1.82, 2.24) is 4.31 Å². The molecule has 0 amide bonds. The predicted molar refractivity (Wildman–Crippen MR) is 48.2 cm³/mol. The van der Waals surface area contributed by atoms with Gasteiger partial charge in [0.05, 0.1) is 12.2 Å². The van der Waals surface area contributed by atoms with E-state index < -0.39 is 33.9 Å². The Morgan fingerprint density at radius 3 is 2.67 bits per heavy atom. The van der Waals surface area contributed by atoms with Crippen molar-refractivity contribution in [3.05, 3.63) is 0 Å². The van der Waals surface area contributed by atoms with Crippen molar-refractivity contribution in [2.45, 2.75) is 18.6 Å². The van der Waals surface area contributed by atoms with E-state index in [0.29, 0.717) is 4.31 Å². The van der Waals surface area contributed by atoms with Gasteiger partial charge in [-0.15, -0.1) is 0 Å². The number of nitriles is 1. The number of rotatable bonds is 3. The van der Waals surface area contributed by atoms with Gasteiger partial charge in [-0.1, -0.05) is 0 Å². The van der Waals surface area contributed by atoms with Crippen LogP contribution in [-0.2, 0) is 14.8 Å². The summed E-state index contributed by atoms with van der Waals surface area (Å²) in [5.74, 6) is -2.09. The maximum Gasteiger partial charge on any atom is 0.322 e. The fourth-order valence-corrected chi connectivity index (χ4v) is 2.77.